The zero-order valence-electron chi connectivity index (χ0n) is 39.9. The molecule has 9 heterocycles. The maximum atomic E-state index is 14.6. The van der Waals surface area contributed by atoms with Gasteiger partial charge in [0.25, 0.3) is 0 Å². The molecular formula is C47H66N12O11. The van der Waals surface area contributed by atoms with Crippen LogP contribution in [0.5, 0.6) is 0 Å². The van der Waals surface area contributed by atoms with E-state index in [0.29, 0.717) is 174 Å². The van der Waals surface area contributed by atoms with Crippen molar-refractivity contribution in [2.75, 3.05) is 65.4 Å². The Bertz CT molecular complexity index is 2210. The summed E-state index contributed by atoms with van der Waals surface area (Å²) < 4.78 is 0. The van der Waals surface area contributed by atoms with E-state index >= 15 is 0 Å². The Labute approximate surface area is 406 Å². The van der Waals surface area contributed by atoms with Crippen molar-refractivity contribution in [1.29, 1.82) is 0 Å². The summed E-state index contributed by atoms with van der Waals surface area (Å²) in [5.74, 6) is -4.23. The topological polar surface area (TPSA) is 269 Å². The van der Waals surface area contributed by atoms with E-state index < -0.39 is 72.8 Å². The second-order valence-electron chi connectivity index (χ2n) is 20.5. The predicted octanol–water partition coefficient (Wildman–Crippen LogP) is 0.300. The summed E-state index contributed by atoms with van der Waals surface area (Å²) in [6, 6.07) is -7.43. The summed E-state index contributed by atoms with van der Waals surface area (Å²) in [4.78, 5) is 155. The van der Waals surface area contributed by atoms with Crippen molar-refractivity contribution in [1.82, 2.24) is 44.1 Å². The average molecular weight is 975 g/mol. The van der Waals surface area contributed by atoms with Crippen LogP contribution in [-0.4, -0.2) is 228 Å². The average Bonchev–Trinajstić information content (AvgIpc) is 4.23. The molecule has 0 saturated carbocycles. The number of aliphatic carboxylic acids is 1. The van der Waals surface area contributed by atoms with E-state index in [1.54, 1.807) is 24.5 Å². The number of carboxylic acids is 1. The first-order chi connectivity index (χ1) is 33.8. The third-order valence-corrected chi connectivity index (χ3v) is 16.7. The SMILES string of the molecule is [N-]=[N+]=NCC(=O)N1CCC[C@H]1C(=O)N1CCC[C@H]1C(=O)N1CCC[C@H]1C(=O)N1CCC[C@H]1C(=O)N1CCC[C@H]1C(=O)N1CCC[C@H]1C(=O)N1CCC[C@H]1C(=O)N1CCC[C@H]1C(=O)N1CCC[C@H]1C(=O)O. The van der Waals surface area contributed by atoms with E-state index in [9.17, 15) is 53.1 Å². The highest BCUT2D eigenvalue weighted by atomic mass is 16.4. The summed E-state index contributed by atoms with van der Waals surface area (Å²) >= 11 is 0. The number of carbonyl (C=O) groups is 10. The standard InChI is InChI=1S/C47H66N12O11/c48-50-49-28-38(60)51-19-1-10-29(51)39(61)52-20-2-11-30(52)40(62)53-21-3-12-31(53)41(63)54-22-4-13-32(54)42(64)55-23-5-14-33(55)43(65)56-24-6-15-34(56)44(66)57-25-7-16-35(57)45(67)58-26-8-17-36(58)46(68)59-27-9-18-37(59)47(69)70/h29-37H,1-28H2,(H,69,70)/t29-,30-,31-,32-,33-,34-,35-,36-,37-/m0/s1. The predicted molar refractivity (Wildman–Crippen MR) is 244 cm³/mol. The van der Waals surface area contributed by atoms with Gasteiger partial charge >= 0.3 is 5.97 Å². The van der Waals surface area contributed by atoms with Crippen molar-refractivity contribution in [3.63, 3.8) is 0 Å². The molecule has 0 unspecified atom stereocenters. The Hall–Kier alpha value is -5.99. The van der Waals surface area contributed by atoms with Gasteiger partial charge in [-0.1, -0.05) is 5.11 Å². The van der Waals surface area contributed by atoms with Gasteiger partial charge in [-0.15, -0.1) is 0 Å². The zero-order chi connectivity index (χ0) is 49.4. The molecule has 0 spiro atoms. The van der Waals surface area contributed by atoms with Crippen LogP contribution in [0.3, 0.4) is 0 Å². The fraction of sp³-hybridized carbons (Fsp3) is 0.787. The van der Waals surface area contributed by atoms with Gasteiger partial charge in [-0.3, -0.25) is 43.2 Å². The minimum absolute atomic E-state index is 0.304. The van der Waals surface area contributed by atoms with E-state index in [2.05, 4.69) is 10.0 Å². The van der Waals surface area contributed by atoms with Crippen LogP contribution < -0.4 is 0 Å². The highest BCUT2D eigenvalue weighted by molar-refractivity contribution is 5.99. The molecule has 0 radical (unpaired) electrons. The molecule has 9 rings (SSSR count). The lowest BCUT2D eigenvalue weighted by molar-refractivity contribution is -0.156. The molecule has 9 atom stereocenters. The second kappa shape index (κ2) is 20.8. The number of nitrogens with zero attached hydrogens (tertiary/aromatic N) is 12. The third kappa shape index (κ3) is 9.02. The van der Waals surface area contributed by atoms with E-state index in [-0.39, 0.29) is 47.3 Å². The summed E-state index contributed by atoms with van der Waals surface area (Å²) in [5.41, 5.74) is 8.71. The van der Waals surface area contributed by atoms with Gasteiger partial charge in [-0.05, 0) is 121 Å². The van der Waals surface area contributed by atoms with Gasteiger partial charge < -0.3 is 49.2 Å². The molecule has 9 amide bonds. The van der Waals surface area contributed by atoms with Crippen molar-refractivity contribution in [3.05, 3.63) is 10.4 Å². The van der Waals surface area contributed by atoms with Gasteiger partial charge in [0.05, 0.1) is 0 Å². The second-order valence-corrected chi connectivity index (χ2v) is 20.5. The molecule has 0 aromatic heterocycles. The third-order valence-electron chi connectivity index (χ3n) is 16.7. The quantitative estimate of drug-likeness (QED) is 0.167. The normalized spacial score (nSPS) is 31.0. The lowest BCUT2D eigenvalue weighted by Crippen LogP contribution is -2.59. The van der Waals surface area contributed by atoms with Crippen LogP contribution in [-0.2, 0) is 47.9 Å². The highest BCUT2D eigenvalue weighted by Crippen LogP contribution is 2.35. The summed E-state index contributed by atoms with van der Waals surface area (Å²) in [5, 5.41) is 13.1. The van der Waals surface area contributed by atoms with Gasteiger partial charge in [0, 0.05) is 63.8 Å². The van der Waals surface area contributed by atoms with E-state index in [1.807, 2.05) is 0 Å². The minimum atomic E-state index is -1.06. The summed E-state index contributed by atoms with van der Waals surface area (Å²) in [7, 11) is 0. The number of carbonyl (C=O) groups excluding carboxylic acids is 9. The molecular weight excluding hydrogens is 909 g/mol. The Morgan fingerprint density at radius 3 is 0.743 bits per heavy atom. The van der Waals surface area contributed by atoms with E-state index in [4.69, 9.17) is 5.53 Å². The molecule has 380 valence electrons. The number of hydrogen-bond acceptors (Lipinski definition) is 11. The number of hydrogen-bond donors (Lipinski definition) is 1. The molecule has 9 aliphatic rings. The number of amides is 9. The maximum absolute atomic E-state index is 14.6. The first-order valence-corrected chi connectivity index (χ1v) is 25.8. The Kier molecular flexibility index (Phi) is 14.5. The zero-order valence-corrected chi connectivity index (χ0v) is 39.9. The van der Waals surface area contributed by atoms with Gasteiger partial charge in [0.2, 0.25) is 53.2 Å². The van der Waals surface area contributed by atoms with Gasteiger partial charge in [0.1, 0.15) is 60.9 Å². The molecule has 9 fully saturated rings. The largest absolute Gasteiger partial charge is 0.480 e. The maximum Gasteiger partial charge on any atom is 0.326 e. The monoisotopic (exact) mass is 974 g/mol. The minimum Gasteiger partial charge on any atom is -0.480 e. The van der Waals surface area contributed by atoms with E-state index in [0.717, 1.165) is 0 Å². The van der Waals surface area contributed by atoms with Crippen LogP contribution in [0.4, 0.5) is 0 Å². The number of rotatable bonds is 11. The Morgan fingerprint density at radius 2 is 0.529 bits per heavy atom. The molecule has 23 nitrogen and oxygen atoms in total. The molecule has 23 heteroatoms. The van der Waals surface area contributed by atoms with Gasteiger partial charge in [-0.25, -0.2) is 4.79 Å². The Morgan fingerprint density at radius 1 is 0.343 bits per heavy atom. The lowest BCUT2D eigenvalue weighted by Gasteiger charge is -2.37. The smallest absolute Gasteiger partial charge is 0.326 e. The molecule has 0 aromatic rings. The number of carboxylic acid groups (broad SMARTS) is 1. The number of azide groups is 1. The fourth-order valence-corrected chi connectivity index (χ4v) is 13.3. The van der Waals surface area contributed by atoms with Gasteiger partial charge in [-0.2, -0.15) is 0 Å². The van der Waals surface area contributed by atoms with Crippen LogP contribution in [0.1, 0.15) is 116 Å². The molecule has 9 aliphatic heterocycles. The van der Waals surface area contributed by atoms with Crippen LogP contribution >= 0.6 is 0 Å². The van der Waals surface area contributed by atoms with Crippen molar-refractivity contribution >= 4 is 59.1 Å². The molecule has 0 bridgehead atoms. The van der Waals surface area contributed by atoms with Crippen molar-refractivity contribution < 1.29 is 53.1 Å². The van der Waals surface area contributed by atoms with Crippen molar-refractivity contribution in [3.8, 4) is 0 Å². The lowest BCUT2D eigenvalue weighted by atomic mass is 10.1. The molecule has 1 N–H and O–H groups in total. The van der Waals surface area contributed by atoms with Gasteiger partial charge in [0.15, 0.2) is 0 Å². The molecule has 0 aliphatic carbocycles. The fourth-order valence-electron chi connectivity index (χ4n) is 13.3. The molecule has 70 heavy (non-hydrogen) atoms. The first kappa shape index (κ1) is 49.0. The summed E-state index contributed by atoms with van der Waals surface area (Å²) in [6.45, 7) is 2.48. The summed E-state index contributed by atoms with van der Waals surface area (Å²) in [6.07, 6.45) is 8.74. The first-order valence-electron chi connectivity index (χ1n) is 25.8. The number of likely N-dealkylation sites (tertiary alicyclic amines) is 9. The van der Waals surface area contributed by atoms with Crippen molar-refractivity contribution in [2.45, 2.75) is 170 Å². The van der Waals surface area contributed by atoms with Crippen LogP contribution in [0.25, 0.3) is 10.4 Å². The molecule has 9 saturated heterocycles. The van der Waals surface area contributed by atoms with Crippen LogP contribution in [0.15, 0.2) is 5.11 Å². The highest BCUT2D eigenvalue weighted by Gasteiger charge is 2.52. The molecule has 0 aromatic carbocycles. The Balaban J connectivity index is 0.829. The van der Waals surface area contributed by atoms with Crippen molar-refractivity contribution in [2.24, 2.45) is 5.11 Å². The van der Waals surface area contributed by atoms with E-state index in [1.165, 1.54) is 19.6 Å². The van der Waals surface area contributed by atoms with Crippen LogP contribution in [0.2, 0.25) is 0 Å². The van der Waals surface area contributed by atoms with Crippen LogP contribution in [0, 0.1) is 0 Å².